The minimum absolute atomic E-state index is 0.0673. The van der Waals surface area contributed by atoms with Crippen LogP contribution in [0.1, 0.15) is 27.2 Å². The van der Waals surface area contributed by atoms with Crippen molar-refractivity contribution in [3.8, 4) is 6.07 Å². The van der Waals surface area contributed by atoms with E-state index in [1.165, 1.54) is 18.2 Å². The number of halogens is 3. The number of hydrogen-bond donors (Lipinski definition) is 1. The van der Waals surface area contributed by atoms with E-state index in [9.17, 15) is 23.2 Å². The van der Waals surface area contributed by atoms with E-state index < -0.39 is 11.7 Å². The molecule has 0 aliphatic rings. The molecule has 0 bridgehead atoms. The Kier molecular flexibility index (Phi) is 4.77. The van der Waals surface area contributed by atoms with Crippen molar-refractivity contribution in [1.29, 1.82) is 5.26 Å². The van der Waals surface area contributed by atoms with Gasteiger partial charge in [0.15, 0.2) is 17.3 Å². The maximum absolute atomic E-state index is 12.8. The normalized spacial score (nSPS) is 11.2. The van der Waals surface area contributed by atoms with Crippen molar-refractivity contribution in [1.82, 2.24) is 10.2 Å². The summed E-state index contributed by atoms with van der Waals surface area (Å²) in [5.41, 5.74) is -0.185. The molecular weight excluding hydrogens is 357 g/mol. The van der Waals surface area contributed by atoms with Crippen LogP contribution in [0.15, 0.2) is 42.5 Å². The van der Waals surface area contributed by atoms with Crippen LogP contribution in [0.5, 0.6) is 0 Å². The molecule has 0 fully saturated rings. The molecule has 0 amide bonds. The first-order valence-electron chi connectivity index (χ1n) is 7.91. The highest BCUT2D eigenvalue weighted by Gasteiger charge is 2.30. The molecule has 0 atom stereocenters. The van der Waals surface area contributed by atoms with Gasteiger partial charge in [0.2, 0.25) is 0 Å². The van der Waals surface area contributed by atoms with Gasteiger partial charge in [0.1, 0.15) is 6.07 Å². The van der Waals surface area contributed by atoms with E-state index >= 15 is 0 Å². The van der Waals surface area contributed by atoms with Crippen molar-refractivity contribution in [3.63, 3.8) is 0 Å². The van der Waals surface area contributed by atoms with E-state index in [1.807, 2.05) is 6.07 Å². The highest BCUT2D eigenvalue weighted by molar-refractivity contribution is 6.03. The van der Waals surface area contributed by atoms with E-state index in [4.69, 9.17) is 0 Å². The van der Waals surface area contributed by atoms with Crippen LogP contribution >= 0.6 is 0 Å². The molecule has 0 aliphatic carbocycles. The van der Waals surface area contributed by atoms with Gasteiger partial charge in [0, 0.05) is 29.8 Å². The molecule has 3 rings (SSSR count). The van der Waals surface area contributed by atoms with Crippen LogP contribution in [0.4, 0.5) is 19.0 Å². The standard InChI is InChI=1S/C19H13F3N4O/c1-24-18-14-6-5-12(9-15(14)16(10-23)25-26-18)17(27)8-11-3-2-4-13(7-11)19(20,21)22/h2-7,9H,8H2,1H3,(H,24,26). The van der Waals surface area contributed by atoms with Crippen molar-refractivity contribution >= 4 is 22.4 Å². The zero-order chi connectivity index (χ0) is 19.6. The summed E-state index contributed by atoms with van der Waals surface area (Å²) in [5, 5.41) is 20.8. The van der Waals surface area contributed by atoms with E-state index in [2.05, 4.69) is 15.5 Å². The number of ketones is 1. The van der Waals surface area contributed by atoms with Crippen LogP contribution in [-0.2, 0) is 12.6 Å². The molecule has 27 heavy (non-hydrogen) atoms. The van der Waals surface area contributed by atoms with Gasteiger partial charge in [-0.1, -0.05) is 24.3 Å². The minimum atomic E-state index is -4.47. The summed E-state index contributed by atoms with van der Waals surface area (Å²) in [6.07, 6.45) is -4.65. The Morgan fingerprint density at radius 3 is 2.59 bits per heavy atom. The molecule has 0 unspecified atom stereocenters. The van der Waals surface area contributed by atoms with Crippen LogP contribution < -0.4 is 5.32 Å². The number of rotatable bonds is 4. The lowest BCUT2D eigenvalue weighted by Gasteiger charge is -2.09. The van der Waals surface area contributed by atoms with Crippen LogP contribution in [0.25, 0.3) is 10.8 Å². The number of carbonyl (C=O) groups excluding carboxylic acids is 1. The molecule has 0 spiro atoms. The smallest absolute Gasteiger partial charge is 0.371 e. The fourth-order valence-electron chi connectivity index (χ4n) is 2.74. The lowest BCUT2D eigenvalue weighted by molar-refractivity contribution is -0.137. The van der Waals surface area contributed by atoms with Gasteiger partial charge in [0.25, 0.3) is 0 Å². The zero-order valence-corrected chi connectivity index (χ0v) is 14.1. The number of nitrogens with zero attached hydrogens (tertiary/aromatic N) is 3. The van der Waals surface area contributed by atoms with E-state index in [1.54, 1.807) is 19.2 Å². The largest absolute Gasteiger partial charge is 0.416 e. The summed E-state index contributed by atoms with van der Waals surface area (Å²) in [6.45, 7) is 0. The van der Waals surface area contributed by atoms with Gasteiger partial charge in [-0.2, -0.15) is 18.4 Å². The van der Waals surface area contributed by atoms with Crippen molar-refractivity contribution in [2.45, 2.75) is 12.6 Å². The summed E-state index contributed by atoms with van der Waals surface area (Å²) in [5.74, 6) is 0.101. The first-order valence-corrected chi connectivity index (χ1v) is 7.91. The highest BCUT2D eigenvalue weighted by Crippen LogP contribution is 2.30. The lowest BCUT2D eigenvalue weighted by atomic mass is 9.99. The van der Waals surface area contributed by atoms with Crippen LogP contribution in [0, 0.1) is 11.3 Å². The number of fused-ring (bicyclic) bond motifs is 1. The minimum Gasteiger partial charge on any atom is -0.371 e. The molecular formula is C19H13F3N4O. The van der Waals surface area contributed by atoms with Crippen molar-refractivity contribution in [3.05, 3.63) is 64.8 Å². The Bertz CT molecular complexity index is 1070. The number of carbonyl (C=O) groups is 1. The van der Waals surface area contributed by atoms with Crippen molar-refractivity contribution < 1.29 is 18.0 Å². The average Bonchev–Trinajstić information content (AvgIpc) is 2.66. The summed E-state index contributed by atoms with van der Waals surface area (Å²) in [4.78, 5) is 12.6. The monoisotopic (exact) mass is 370 g/mol. The van der Waals surface area contributed by atoms with Crippen LogP contribution in [-0.4, -0.2) is 23.0 Å². The molecule has 0 saturated heterocycles. The third-order valence-corrected chi connectivity index (χ3v) is 4.06. The van der Waals surface area contributed by atoms with E-state index in [-0.39, 0.29) is 29.0 Å². The van der Waals surface area contributed by atoms with Gasteiger partial charge >= 0.3 is 6.18 Å². The maximum Gasteiger partial charge on any atom is 0.416 e. The molecule has 8 heteroatoms. The molecule has 2 aromatic carbocycles. The second kappa shape index (κ2) is 7.03. The molecule has 136 valence electrons. The molecule has 1 aromatic heterocycles. The Morgan fingerprint density at radius 1 is 1.15 bits per heavy atom. The molecule has 5 nitrogen and oxygen atoms in total. The molecule has 0 saturated carbocycles. The number of alkyl halides is 3. The Morgan fingerprint density at radius 2 is 1.93 bits per heavy atom. The van der Waals surface area contributed by atoms with Crippen LogP contribution in [0.3, 0.4) is 0 Å². The topological polar surface area (TPSA) is 78.7 Å². The molecule has 1 N–H and O–H groups in total. The SMILES string of the molecule is CNc1nnc(C#N)c2cc(C(=O)Cc3cccc(C(F)(F)F)c3)ccc12. The van der Waals surface area contributed by atoms with Crippen molar-refractivity contribution in [2.75, 3.05) is 12.4 Å². The van der Waals surface area contributed by atoms with Gasteiger partial charge in [-0.05, 0) is 23.8 Å². The Labute approximate surface area is 152 Å². The van der Waals surface area contributed by atoms with Crippen LogP contribution in [0.2, 0.25) is 0 Å². The molecule has 0 radical (unpaired) electrons. The average molecular weight is 370 g/mol. The second-order valence-corrected chi connectivity index (χ2v) is 5.82. The molecule has 3 aromatic rings. The fraction of sp³-hybridized carbons (Fsp3) is 0.158. The van der Waals surface area contributed by atoms with E-state index in [0.29, 0.717) is 16.6 Å². The van der Waals surface area contributed by atoms with E-state index in [0.717, 1.165) is 12.1 Å². The first-order chi connectivity index (χ1) is 12.8. The number of aromatic nitrogens is 2. The predicted molar refractivity (Wildman–Crippen MR) is 93.3 cm³/mol. The van der Waals surface area contributed by atoms with Gasteiger partial charge in [-0.3, -0.25) is 4.79 Å². The van der Waals surface area contributed by atoms with Gasteiger partial charge < -0.3 is 5.32 Å². The summed E-state index contributed by atoms with van der Waals surface area (Å²) < 4.78 is 38.5. The summed E-state index contributed by atoms with van der Waals surface area (Å²) in [6, 6.07) is 11.3. The maximum atomic E-state index is 12.8. The number of nitrogens with one attached hydrogen (secondary N) is 1. The molecule has 0 aliphatic heterocycles. The van der Waals surface area contributed by atoms with Gasteiger partial charge in [-0.25, -0.2) is 0 Å². The Balaban J connectivity index is 1.96. The predicted octanol–water partition coefficient (Wildman–Crippen LogP) is 3.99. The fourth-order valence-corrected chi connectivity index (χ4v) is 2.74. The summed E-state index contributed by atoms with van der Waals surface area (Å²) in [7, 11) is 1.65. The number of Topliss-reactive ketones (excluding diaryl/α,β-unsaturated/α-hetero) is 1. The number of hydrogen-bond acceptors (Lipinski definition) is 5. The number of benzene rings is 2. The third kappa shape index (κ3) is 3.72. The Hall–Kier alpha value is -3.47. The quantitative estimate of drug-likeness (QED) is 0.703. The lowest BCUT2D eigenvalue weighted by Crippen LogP contribution is -2.08. The highest BCUT2D eigenvalue weighted by atomic mass is 19.4. The first kappa shape index (κ1) is 18.3. The number of nitriles is 1. The second-order valence-electron chi connectivity index (χ2n) is 5.82. The molecule has 1 heterocycles. The van der Waals surface area contributed by atoms with Gasteiger partial charge in [0.05, 0.1) is 5.56 Å². The van der Waals surface area contributed by atoms with Gasteiger partial charge in [-0.15, -0.1) is 10.2 Å². The number of anilines is 1. The summed E-state index contributed by atoms with van der Waals surface area (Å²) >= 11 is 0. The zero-order valence-electron chi connectivity index (χ0n) is 14.1. The third-order valence-electron chi connectivity index (χ3n) is 4.06. The van der Waals surface area contributed by atoms with Crippen molar-refractivity contribution in [2.24, 2.45) is 0 Å².